The van der Waals surface area contributed by atoms with E-state index in [2.05, 4.69) is 9.47 Å². The molecule has 84 valence electrons. The van der Waals surface area contributed by atoms with Gasteiger partial charge in [-0.2, -0.15) is 17.6 Å². The predicted molar refractivity (Wildman–Crippen MR) is 31.6 cm³/mol. The number of alkyl halides is 6. The van der Waals surface area contributed by atoms with Crippen molar-refractivity contribution in [3.05, 3.63) is 0 Å². The van der Waals surface area contributed by atoms with Crippen molar-refractivity contribution in [2.45, 2.75) is 24.6 Å². The molecule has 0 aromatic rings. The highest BCUT2D eigenvalue weighted by Gasteiger charge is 2.65. The third-order valence-corrected chi connectivity index (χ3v) is 1.55. The molecule has 0 N–H and O–H groups in total. The zero-order chi connectivity index (χ0) is 11.0. The second-order valence-electron chi connectivity index (χ2n) is 2.71. The number of hydrogen-bond donors (Lipinski definition) is 0. The summed E-state index contributed by atoms with van der Waals surface area (Å²) in [6.45, 7) is -0.739. The Morgan fingerprint density at radius 1 is 1.29 bits per heavy atom. The first-order valence-corrected chi connectivity index (χ1v) is 3.56. The van der Waals surface area contributed by atoms with Gasteiger partial charge in [-0.15, -0.1) is 0 Å². The van der Waals surface area contributed by atoms with E-state index in [9.17, 15) is 26.3 Å². The number of hydrogen-bond acceptors (Lipinski definition) is 2. The lowest BCUT2D eigenvalue weighted by Crippen LogP contribution is -2.50. The highest BCUT2D eigenvalue weighted by Crippen LogP contribution is 2.40. The third kappa shape index (κ3) is 2.30. The minimum absolute atomic E-state index is 0.0944. The summed E-state index contributed by atoms with van der Waals surface area (Å²) in [6.07, 6.45) is -10.7. The Balaban J connectivity index is 2.59. The van der Waals surface area contributed by atoms with Crippen LogP contribution < -0.4 is 0 Å². The van der Waals surface area contributed by atoms with Gasteiger partial charge in [0.15, 0.2) is 0 Å². The number of epoxide rings is 1. The fraction of sp³-hybridized carbons (Fsp3) is 1.00. The van der Waals surface area contributed by atoms with Gasteiger partial charge in [0.25, 0.3) is 0 Å². The number of ether oxygens (including phenoxy) is 2. The summed E-state index contributed by atoms with van der Waals surface area (Å²) in [7, 11) is 0. The summed E-state index contributed by atoms with van der Waals surface area (Å²) >= 11 is 0. The molecule has 1 heterocycles. The predicted octanol–water partition coefficient (Wildman–Crippen LogP) is 1.90. The lowest BCUT2D eigenvalue weighted by Gasteiger charge is -2.26. The van der Waals surface area contributed by atoms with Crippen LogP contribution in [-0.4, -0.2) is 37.8 Å². The summed E-state index contributed by atoms with van der Waals surface area (Å²) in [5, 5.41) is 0. The summed E-state index contributed by atoms with van der Waals surface area (Å²) in [6, 6.07) is 0. The smallest absolute Gasteiger partial charge is 0.371 e. The van der Waals surface area contributed by atoms with Crippen molar-refractivity contribution < 1.29 is 35.8 Å². The fourth-order valence-corrected chi connectivity index (χ4v) is 0.647. The van der Waals surface area contributed by atoms with Crippen LogP contribution in [0.5, 0.6) is 0 Å². The summed E-state index contributed by atoms with van der Waals surface area (Å²) in [5.41, 5.74) is 0. The van der Waals surface area contributed by atoms with E-state index in [0.717, 1.165) is 0 Å². The van der Waals surface area contributed by atoms with Crippen molar-refractivity contribution in [1.82, 2.24) is 0 Å². The molecule has 0 aromatic carbocycles. The SMILES string of the molecule is FC(F)C(F)(OCC1CO1)C(F)(F)F. The van der Waals surface area contributed by atoms with Crippen molar-refractivity contribution in [3.63, 3.8) is 0 Å². The lowest BCUT2D eigenvalue weighted by atomic mass is 10.3. The Bertz CT molecular complexity index is 201. The zero-order valence-corrected chi connectivity index (χ0v) is 6.65. The van der Waals surface area contributed by atoms with Crippen LogP contribution in [0, 0.1) is 0 Å². The maximum Gasteiger partial charge on any atom is 0.454 e. The van der Waals surface area contributed by atoms with Gasteiger partial charge in [-0.25, -0.2) is 8.78 Å². The van der Waals surface area contributed by atoms with E-state index in [0.29, 0.717) is 0 Å². The molecule has 0 saturated carbocycles. The standard InChI is InChI=1S/C6H6F6O2/c7-4(8)5(9,6(10,11)12)14-2-3-1-13-3/h3-4H,1-2H2. The van der Waals surface area contributed by atoms with E-state index in [1.807, 2.05) is 0 Å². The molecular formula is C6H6F6O2. The first-order chi connectivity index (χ1) is 6.27. The van der Waals surface area contributed by atoms with E-state index >= 15 is 0 Å². The highest BCUT2D eigenvalue weighted by molar-refractivity contribution is 4.82. The van der Waals surface area contributed by atoms with Gasteiger partial charge in [0.2, 0.25) is 0 Å². The quantitative estimate of drug-likeness (QED) is 0.537. The molecule has 8 heteroatoms. The van der Waals surface area contributed by atoms with E-state index in [-0.39, 0.29) is 6.61 Å². The zero-order valence-electron chi connectivity index (χ0n) is 6.65. The molecule has 0 amide bonds. The van der Waals surface area contributed by atoms with Gasteiger partial charge in [0.1, 0.15) is 6.10 Å². The monoisotopic (exact) mass is 224 g/mol. The van der Waals surface area contributed by atoms with Crippen LogP contribution in [0.2, 0.25) is 0 Å². The van der Waals surface area contributed by atoms with Gasteiger partial charge in [-0.3, -0.25) is 0 Å². The van der Waals surface area contributed by atoms with Crippen LogP contribution in [-0.2, 0) is 9.47 Å². The van der Waals surface area contributed by atoms with E-state index in [1.54, 1.807) is 0 Å². The second kappa shape index (κ2) is 3.58. The van der Waals surface area contributed by atoms with Crippen LogP contribution in [0.4, 0.5) is 26.3 Å². The van der Waals surface area contributed by atoms with Gasteiger partial charge in [0, 0.05) is 0 Å². The molecule has 0 spiro atoms. The lowest BCUT2D eigenvalue weighted by molar-refractivity contribution is -0.369. The largest absolute Gasteiger partial charge is 0.454 e. The summed E-state index contributed by atoms with van der Waals surface area (Å²) < 4.78 is 79.6. The van der Waals surface area contributed by atoms with E-state index < -0.39 is 31.2 Å². The molecule has 0 bridgehead atoms. The first-order valence-electron chi connectivity index (χ1n) is 3.56. The van der Waals surface area contributed by atoms with Crippen molar-refractivity contribution in [2.24, 2.45) is 0 Å². The Hall–Kier alpha value is -0.500. The molecule has 1 saturated heterocycles. The highest BCUT2D eigenvalue weighted by atomic mass is 19.4. The second-order valence-corrected chi connectivity index (χ2v) is 2.71. The summed E-state index contributed by atoms with van der Waals surface area (Å²) in [4.78, 5) is 0. The average molecular weight is 224 g/mol. The molecule has 14 heavy (non-hydrogen) atoms. The molecule has 1 aliphatic rings. The maximum atomic E-state index is 12.7. The maximum absolute atomic E-state index is 12.7. The fourth-order valence-electron chi connectivity index (χ4n) is 0.647. The first kappa shape index (κ1) is 11.6. The molecule has 1 fully saturated rings. The minimum Gasteiger partial charge on any atom is -0.371 e. The summed E-state index contributed by atoms with van der Waals surface area (Å²) in [5.74, 6) is -4.90. The Kier molecular flexibility index (Phi) is 2.96. The van der Waals surface area contributed by atoms with Gasteiger partial charge >= 0.3 is 18.5 Å². The minimum atomic E-state index is -5.75. The van der Waals surface area contributed by atoms with Gasteiger partial charge < -0.3 is 9.47 Å². The van der Waals surface area contributed by atoms with Crippen molar-refractivity contribution in [3.8, 4) is 0 Å². The molecule has 0 aliphatic carbocycles. The van der Waals surface area contributed by atoms with Crippen LogP contribution in [0.25, 0.3) is 0 Å². The van der Waals surface area contributed by atoms with Crippen molar-refractivity contribution in [2.75, 3.05) is 13.2 Å². The van der Waals surface area contributed by atoms with Crippen LogP contribution in [0.3, 0.4) is 0 Å². The van der Waals surface area contributed by atoms with Crippen molar-refractivity contribution in [1.29, 1.82) is 0 Å². The topological polar surface area (TPSA) is 21.8 Å². The van der Waals surface area contributed by atoms with Gasteiger partial charge in [0.05, 0.1) is 13.2 Å². The van der Waals surface area contributed by atoms with Crippen LogP contribution >= 0.6 is 0 Å². The molecule has 2 atom stereocenters. The van der Waals surface area contributed by atoms with Crippen LogP contribution in [0.15, 0.2) is 0 Å². The Morgan fingerprint density at radius 2 is 1.79 bits per heavy atom. The van der Waals surface area contributed by atoms with E-state index in [4.69, 9.17) is 0 Å². The molecule has 0 radical (unpaired) electrons. The average Bonchev–Trinajstić information content (AvgIpc) is 2.80. The van der Waals surface area contributed by atoms with E-state index in [1.165, 1.54) is 0 Å². The molecule has 2 nitrogen and oxygen atoms in total. The Morgan fingerprint density at radius 3 is 2.07 bits per heavy atom. The Labute approximate surface area is 74.8 Å². The molecule has 1 rings (SSSR count). The molecule has 0 aromatic heterocycles. The molecule has 1 aliphatic heterocycles. The number of rotatable bonds is 4. The normalized spacial score (nSPS) is 26.4. The molecule has 2 unspecified atom stereocenters. The van der Waals surface area contributed by atoms with Crippen molar-refractivity contribution >= 4 is 0 Å². The third-order valence-electron chi connectivity index (χ3n) is 1.55. The van der Waals surface area contributed by atoms with Gasteiger partial charge in [-0.05, 0) is 0 Å². The van der Waals surface area contributed by atoms with Gasteiger partial charge in [-0.1, -0.05) is 0 Å². The molecular weight excluding hydrogens is 218 g/mol. The number of halogens is 6. The van der Waals surface area contributed by atoms with Crippen LogP contribution in [0.1, 0.15) is 0 Å².